The van der Waals surface area contributed by atoms with Gasteiger partial charge in [-0.25, -0.2) is 4.79 Å². The van der Waals surface area contributed by atoms with Crippen molar-refractivity contribution in [3.63, 3.8) is 0 Å². The van der Waals surface area contributed by atoms with Gasteiger partial charge in [0.2, 0.25) is 0 Å². The number of halogens is 2. The monoisotopic (exact) mass is 386 g/mol. The molecule has 18 heavy (non-hydrogen) atoms. The van der Waals surface area contributed by atoms with Gasteiger partial charge in [-0.05, 0) is 45.8 Å². The van der Waals surface area contributed by atoms with Gasteiger partial charge < -0.3 is 9.97 Å². The van der Waals surface area contributed by atoms with E-state index in [0.717, 1.165) is 20.4 Å². The van der Waals surface area contributed by atoms with Crippen LogP contribution in [0, 0.1) is 0 Å². The second-order valence-electron chi connectivity index (χ2n) is 3.89. The molecule has 0 bridgehead atoms. The average Bonchev–Trinajstić information content (AvgIpc) is 2.92. The van der Waals surface area contributed by atoms with Crippen LogP contribution in [0.4, 0.5) is 0 Å². The molecule has 0 radical (unpaired) electrons. The largest absolute Gasteiger partial charge is 0.323 e. The molecule has 0 spiro atoms. The molecule has 0 amide bonds. The van der Waals surface area contributed by atoms with Crippen molar-refractivity contribution in [2.24, 2.45) is 0 Å². The molecule has 2 heterocycles. The molecule has 0 aliphatic heterocycles. The predicted molar refractivity (Wildman–Crippen MR) is 81.7 cm³/mol. The van der Waals surface area contributed by atoms with E-state index in [-0.39, 0.29) is 10.5 Å². The van der Waals surface area contributed by atoms with Gasteiger partial charge >= 0.3 is 5.69 Å². The van der Waals surface area contributed by atoms with Crippen LogP contribution in [0.1, 0.15) is 15.3 Å². The molecular formula is C12H8Br2N2OS. The average molecular weight is 388 g/mol. The zero-order valence-electron chi connectivity index (χ0n) is 9.04. The number of H-pyrrole nitrogens is 2. The lowest BCUT2D eigenvalue weighted by atomic mass is 10.1. The van der Waals surface area contributed by atoms with E-state index in [4.69, 9.17) is 0 Å². The lowest BCUT2D eigenvalue weighted by Crippen LogP contribution is -1.99. The first-order valence-electron chi connectivity index (χ1n) is 5.25. The molecular weight excluding hydrogens is 380 g/mol. The molecule has 3 rings (SSSR count). The van der Waals surface area contributed by atoms with Gasteiger partial charge in [-0.3, -0.25) is 0 Å². The fourth-order valence-electron chi connectivity index (χ4n) is 1.84. The van der Waals surface area contributed by atoms with Gasteiger partial charge in [0.25, 0.3) is 0 Å². The summed E-state index contributed by atoms with van der Waals surface area (Å²) >= 11 is 8.84. The Balaban J connectivity index is 2.05. The van der Waals surface area contributed by atoms with Gasteiger partial charge in [0.1, 0.15) is 0 Å². The third-order valence-electron chi connectivity index (χ3n) is 2.68. The van der Waals surface area contributed by atoms with Crippen molar-refractivity contribution in [2.75, 3.05) is 0 Å². The summed E-state index contributed by atoms with van der Waals surface area (Å²) in [5.74, 6) is 0. The zero-order chi connectivity index (χ0) is 12.7. The second-order valence-corrected chi connectivity index (χ2v) is 7.30. The van der Waals surface area contributed by atoms with E-state index in [1.54, 1.807) is 11.3 Å². The number of hydrogen-bond acceptors (Lipinski definition) is 2. The summed E-state index contributed by atoms with van der Waals surface area (Å²) in [4.78, 5) is 18.1. The second kappa shape index (κ2) is 4.68. The van der Waals surface area contributed by atoms with Crippen molar-refractivity contribution in [2.45, 2.75) is 4.83 Å². The summed E-state index contributed by atoms with van der Waals surface area (Å²) < 4.78 is 1.11. The van der Waals surface area contributed by atoms with Crippen molar-refractivity contribution in [1.29, 1.82) is 0 Å². The Morgan fingerprint density at radius 3 is 2.61 bits per heavy atom. The minimum atomic E-state index is -0.174. The van der Waals surface area contributed by atoms with Crippen LogP contribution in [-0.2, 0) is 0 Å². The molecule has 1 atom stereocenters. The van der Waals surface area contributed by atoms with Crippen molar-refractivity contribution in [3.05, 3.63) is 55.0 Å². The number of aromatic nitrogens is 2. The molecule has 2 aromatic heterocycles. The highest BCUT2D eigenvalue weighted by Gasteiger charge is 2.13. The first-order chi connectivity index (χ1) is 8.63. The fourth-order valence-corrected chi connectivity index (χ4v) is 3.98. The number of thiophene rings is 1. The third-order valence-corrected chi connectivity index (χ3v) is 5.69. The quantitative estimate of drug-likeness (QED) is 0.637. The smallest absolute Gasteiger partial charge is 0.306 e. The van der Waals surface area contributed by atoms with Crippen LogP contribution >= 0.6 is 43.2 Å². The van der Waals surface area contributed by atoms with Crippen LogP contribution in [0.15, 0.2) is 38.9 Å². The maximum Gasteiger partial charge on any atom is 0.323 e. The summed E-state index contributed by atoms with van der Waals surface area (Å²) in [6, 6.07) is 10.0. The van der Waals surface area contributed by atoms with Crippen molar-refractivity contribution >= 4 is 54.2 Å². The standard InChI is InChI=1S/C12H8Br2N2OS/c13-10-4-3-9(18-10)11(14)6-1-2-7-8(5-6)16-12(17)15-7/h1-5,11H,(H2,15,16,17). The fraction of sp³-hybridized carbons (Fsp3) is 0.0833. The van der Waals surface area contributed by atoms with E-state index in [1.807, 2.05) is 24.3 Å². The minimum absolute atomic E-state index is 0.136. The Morgan fingerprint density at radius 2 is 1.89 bits per heavy atom. The summed E-state index contributed by atoms with van der Waals surface area (Å²) in [6.07, 6.45) is 0. The van der Waals surface area contributed by atoms with Crippen molar-refractivity contribution in [3.8, 4) is 0 Å². The van der Waals surface area contributed by atoms with Crippen LogP contribution in [0.2, 0.25) is 0 Å². The van der Waals surface area contributed by atoms with Crippen LogP contribution < -0.4 is 5.69 Å². The first-order valence-corrected chi connectivity index (χ1v) is 7.77. The Labute approximate surface area is 124 Å². The molecule has 0 aliphatic carbocycles. The molecule has 1 aromatic carbocycles. The van der Waals surface area contributed by atoms with E-state index in [1.165, 1.54) is 4.88 Å². The SMILES string of the molecule is O=c1[nH]c2ccc(C(Br)c3ccc(Br)s3)cc2[nH]1. The third kappa shape index (κ3) is 2.20. The molecule has 3 aromatic rings. The topological polar surface area (TPSA) is 48.6 Å². The summed E-state index contributed by atoms with van der Waals surface area (Å²) in [5, 5.41) is 0. The predicted octanol–water partition coefficient (Wildman–Crippen LogP) is 4.16. The summed E-state index contributed by atoms with van der Waals surface area (Å²) in [5.41, 5.74) is 2.60. The van der Waals surface area contributed by atoms with Gasteiger partial charge in [-0.2, -0.15) is 0 Å². The molecule has 0 saturated heterocycles. The number of fused-ring (bicyclic) bond motifs is 1. The maximum atomic E-state index is 11.2. The minimum Gasteiger partial charge on any atom is -0.306 e. The van der Waals surface area contributed by atoms with Gasteiger partial charge in [-0.1, -0.05) is 22.0 Å². The summed E-state index contributed by atoms with van der Waals surface area (Å²) in [7, 11) is 0. The van der Waals surface area contributed by atoms with E-state index in [0.29, 0.717) is 0 Å². The highest BCUT2D eigenvalue weighted by Crippen LogP contribution is 2.37. The van der Waals surface area contributed by atoms with Gasteiger partial charge in [-0.15, -0.1) is 11.3 Å². The normalized spacial score (nSPS) is 13.0. The number of rotatable bonds is 2. The zero-order valence-corrected chi connectivity index (χ0v) is 13.0. The van der Waals surface area contributed by atoms with E-state index >= 15 is 0 Å². The Hall–Kier alpha value is -0.850. The van der Waals surface area contributed by atoms with E-state index < -0.39 is 0 Å². The molecule has 3 nitrogen and oxygen atoms in total. The van der Waals surface area contributed by atoms with Crippen LogP contribution in [0.25, 0.3) is 11.0 Å². The van der Waals surface area contributed by atoms with Crippen LogP contribution in [0.5, 0.6) is 0 Å². The Morgan fingerprint density at radius 1 is 1.11 bits per heavy atom. The molecule has 0 saturated carbocycles. The number of benzene rings is 1. The number of hydrogen-bond donors (Lipinski definition) is 2. The molecule has 0 fully saturated rings. The Kier molecular flexibility index (Phi) is 3.17. The highest BCUT2D eigenvalue weighted by molar-refractivity contribution is 9.11. The number of imidazole rings is 1. The number of nitrogens with one attached hydrogen (secondary N) is 2. The Bertz CT molecular complexity index is 759. The summed E-state index contributed by atoms with van der Waals surface area (Å²) in [6.45, 7) is 0. The first kappa shape index (κ1) is 12.2. The van der Waals surface area contributed by atoms with E-state index in [9.17, 15) is 4.79 Å². The molecule has 92 valence electrons. The lowest BCUT2D eigenvalue weighted by Gasteiger charge is -2.07. The highest BCUT2D eigenvalue weighted by atomic mass is 79.9. The van der Waals surface area contributed by atoms with Gasteiger partial charge in [0.05, 0.1) is 19.6 Å². The number of alkyl halides is 1. The molecule has 0 aliphatic rings. The molecule has 2 N–H and O–H groups in total. The van der Waals surface area contributed by atoms with Crippen LogP contribution in [-0.4, -0.2) is 9.97 Å². The molecule has 6 heteroatoms. The van der Waals surface area contributed by atoms with E-state index in [2.05, 4.69) is 47.9 Å². The van der Waals surface area contributed by atoms with Gasteiger partial charge in [0.15, 0.2) is 0 Å². The van der Waals surface area contributed by atoms with Crippen molar-refractivity contribution < 1.29 is 0 Å². The molecule has 1 unspecified atom stereocenters. The van der Waals surface area contributed by atoms with Crippen molar-refractivity contribution in [1.82, 2.24) is 9.97 Å². The van der Waals surface area contributed by atoms with Crippen LogP contribution in [0.3, 0.4) is 0 Å². The lowest BCUT2D eigenvalue weighted by molar-refractivity contribution is 1.21. The maximum absolute atomic E-state index is 11.2. The van der Waals surface area contributed by atoms with Gasteiger partial charge in [0, 0.05) is 4.88 Å². The number of aromatic amines is 2.